The van der Waals surface area contributed by atoms with Gasteiger partial charge in [-0.2, -0.15) is 0 Å². The third-order valence-corrected chi connectivity index (χ3v) is 4.38. The van der Waals surface area contributed by atoms with E-state index in [0.29, 0.717) is 10.2 Å². The van der Waals surface area contributed by atoms with Crippen LogP contribution < -0.4 is 4.72 Å². The molecule has 0 bridgehead atoms. The number of aryl methyl sites for hydroxylation is 2. The number of pyridine rings is 1. The molecule has 0 aliphatic rings. The van der Waals surface area contributed by atoms with Gasteiger partial charge in [0, 0.05) is 16.9 Å². The van der Waals surface area contributed by atoms with Crippen LogP contribution in [0.15, 0.2) is 46.0 Å². The van der Waals surface area contributed by atoms with E-state index in [1.807, 2.05) is 26.0 Å². The van der Waals surface area contributed by atoms with Crippen LogP contribution in [0.1, 0.15) is 11.1 Å². The average Bonchev–Trinajstić information content (AvgIpc) is 2.33. The second-order valence-corrected chi connectivity index (χ2v) is 6.86. The molecule has 2 aromatic rings. The normalized spacial score (nSPS) is 11.3. The fourth-order valence-electron chi connectivity index (χ4n) is 1.67. The first-order chi connectivity index (χ1) is 8.88. The van der Waals surface area contributed by atoms with E-state index in [9.17, 15) is 8.42 Å². The zero-order valence-corrected chi connectivity index (χ0v) is 12.9. The summed E-state index contributed by atoms with van der Waals surface area (Å²) in [5.74, 6) is 0. The van der Waals surface area contributed by atoms with Crippen LogP contribution >= 0.6 is 15.9 Å². The van der Waals surface area contributed by atoms with Crippen LogP contribution in [-0.2, 0) is 10.0 Å². The first-order valence-corrected chi connectivity index (χ1v) is 7.87. The van der Waals surface area contributed by atoms with Crippen LogP contribution in [0.5, 0.6) is 0 Å². The molecule has 0 fully saturated rings. The van der Waals surface area contributed by atoms with Crippen molar-refractivity contribution in [3.8, 4) is 0 Å². The highest BCUT2D eigenvalue weighted by molar-refractivity contribution is 9.10. The molecular formula is C13H13BrN2O2S. The van der Waals surface area contributed by atoms with Gasteiger partial charge in [0.15, 0.2) is 0 Å². The predicted molar refractivity (Wildman–Crippen MR) is 78.7 cm³/mol. The molecule has 0 spiro atoms. The maximum Gasteiger partial charge on any atom is 0.263 e. The van der Waals surface area contributed by atoms with Crippen molar-refractivity contribution in [3.63, 3.8) is 0 Å². The number of hydrogen-bond donors (Lipinski definition) is 1. The van der Waals surface area contributed by atoms with Crippen LogP contribution in [0.25, 0.3) is 0 Å². The van der Waals surface area contributed by atoms with E-state index in [2.05, 4.69) is 25.6 Å². The molecule has 1 aromatic heterocycles. The number of anilines is 1. The summed E-state index contributed by atoms with van der Waals surface area (Å²) in [4.78, 5) is 3.99. The lowest BCUT2D eigenvalue weighted by Crippen LogP contribution is -2.14. The van der Waals surface area contributed by atoms with Gasteiger partial charge >= 0.3 is 0 Å². The second kappa shape index (κ2) is 5.30. The van der Waals surface area contributed by atoms with Gasteiger partial charge in [-0.25, -0.2) is 8.42 Å². The van der Waals surface area contributed by atoms with Crippen molar-refractivity contribution in [1.29, 1.82) is 0 Å². The Labute approximate surface area is 121 Å². The Hall–Kier alpha value is -1.40. The van der Waals surface area contributed by atoms with Gasteiger partial charge in [-0.15, -0.1) is 0 Å². The third kappa shape index (κ3) is 3.33. The fourth-order valence-corrected chi connectivity index (χ4v) is 3.31. The average molecular weight is 341 g/mol. The van der Waals surface area contributed by atoms with Crippen molar-refractivity contribution < 1.29 is 8.42 Å². The highest BCUT2D eigenvalue weighted by atomic mass is 79.9. The van der Waals surface area contributed by atoms with Crippen LogP contribution in [-0.4, -0.2) is 13.4 Å². The zero-order valence-electron chi connectivity index (χ0n) is 10.5. The number of sulfonamides is 1. The highest BCUT2D eigenvalue weighted by Crippen LogP contribution is 2.21. The van der Waals surface area contributed by atoms with Crippen LogP contribution in [0.3, 0.4) is 0 Å². The van der Waals surface area contributed by atoms with Crippen molar-refractivity contribution in [3.05, 3.63) is 52.3 Å². The van der Waals surface area contributed by atoms with Crippen molar-refractivity contribution in [2.45, 2.75) is 18.7 Å². The minimum atomic E-state index is -3.61. The first kappa shape index (κ1) is 14.0. The van der Waals surface area contributed by atoms with E-state index in [4.69, 9.17) is 0 Å². The fraction of sp³-hybridized carbons (Fsp3) is 0.154. The smallest absolute Gasteiger partial charge is 0.263 e. The van der Waals surface area contributed by atoms with Gasteiger partial charge < -0.3 is 0 Å². The molecule has 2 rings (SSSR count). The maximum atomic E-state index is 12.2. The number of halogens is 1. The summed E-state index contributed by atoms with van der Waals surface area (Å²) in [5, 5.41) is 0. The van der Waals surface area contributed by atoms with Crippen molar-refractivity contribution in [1.82, 2.24) is 4.98 Å². The molecule has 0 amide bonds. The van der Waals surface area contributed by atoms with E-state index in [0.717, 1.165) is 11.1 Å². The van der Waals surface area contributed by atoms with Crippen LogP contribution in [0, 0.1) is 13.8 Å². The molecule has 0 radical (unpaired) electrons. The monoisotopic (exact) mass is 340 g/mol. The summed E-state index contributed by atoms with van der Waals surface area (Å²) >= 11 is 3.21. The lowest BCUT2D eigenvalue weighted by Gasteiger charge is -2.11. The number of nitrogens with one attached hydrogen (secondary N) is 1. The molecular weight excluding hydrogens is 328 g/mol. The van der Waals surface area contributed by atoms with Gasteiger partial charge in [-0.1, -0.05) is 17.7 Å². The van der Waals surface area contributed by atoms with Crippen molar-refractivity contribution in [2.24, 2.45) is 0 Å². The summed E-state index contributed by atoms with van der Waals surface area (Å²) in [5.41, 5.74) is 2.54. The highest BCUT2D eigenvalue weighted by Gasteiger charge is 2.15. The van der Waals surface area contributed by atoms with Gasteiger partial charge in [0.1, 0.15) is 4.90 Å². The molecule has 0 saturated carbocycles. The molecule has 0 aliphatic heterocycles. The minimum absolute atomic E-state index is 0.127. The Bertz CT molecular complexity index is 714. The molecule has 6 heteroatoms. The minimum Gasteiger partial charge on any atom is -0.279 e. The van der Waals surface area contributed by atoms with Gasteiger partial charge in [0.2, 0.25) is 0 Å². The zero-order chi connectivity index (χ0) is 14.0. The lowest BCUT2D eigenvalue weighted by atomic mass is 10.1. The quantitative estimate of drug-likeness (QED) is 0.932. The Balaban J connectivity index is 2.36. The Morgan fingerprint density at radius 3 is 2.53 bits per heavy atom. The third-order valence-electron chi connectivity index (χ3n) is 2.62. The molecule has 1 aromatic carbocycles. The molecule has 4 nitrogen and oxygen atoms in total. The molecule has 0 saturated heterocycles. The summed E-state index contributed by atoms with van der Waals surface area (Å²) in [6.45, 7) is 3.83. The van der Waals surface area contributed by atoms with E-state index in [1.165, 1.54) is 18.5 Å². The Morgan fingerprint density at radius 2 is 1.89 bits per heavy atom. The lowest BCUT2D eigenvalue weighted by molar-refractivity contribution is 0.600. The van der Waals surface area contributed by atoms with E-state index in [-0.39, 0.29) is 4.90 Å². The summed E-state index contributed by atoms with van der Waals surface area (Å²) in [6, 6.07) is 7.06. The number of aromatic nitrogens is 1. The van der Waals surface area contributed by atoms with Crippen molar-refractivity contribution in [2.75, 3.05) is 4.72 Å². The standard InChI is InChI=1S/C13H13BrN2O2S/c1-9-3-4-13(10(2)5-9)16-19(17,18)12-6-11(14)7-15-8-12/h3-8,16H,1-2H3. The van der Waals surface area contributed by atoms with Crippen LogP contribution in [0.2, 0.25) is 0 Å². The Morgan fingerprint density at radius 1 is 1.16 bits per heavy atom. The number of benzene rings is 1. The number of rotatable bonds is 3. The van der Waals surface area contributed by atoms with E-state index in [1.54, 1.807) is 6.07 Å². The summed E-state index contributed by atoms with van der Waals surface area (Å²) < 4.78 is 27.6. The second-order valence-electron chi connectivity index (χ2n) is 4.26. The van der Waals surface area contributed by atoms with Crippen LogP contribution in [0.4, 0.5) is 5.69 Å². The van der Waals surface area contributed by atoms with E-state index >= 15 is 0 Å². The molecule has 0 aliphatic carbocycles. The van der Waals surface area contributed by atoms with Crippen molar-refractivity contribution >= 4 is 31.6 Å². The summed E-state index contributed by atoms with van der Waals surface area (Å²) in [7, 11) is -3.61. The molecule has 1 heterocycles. The van der Waals surface area contributed by atoms with E-state index < -0.39 is 10.0 Å². The molecule has 0 atom stereocenters. The SMILES string of the molecule is Cc1ccc(NS(=O)(=O)c2cncc(Br)c2)c(C)c1. The first-order valence-electron chi connectivity index (χ1n) is 5.59. The predicted octanol–water partition coefficient (Wildman–Crippen LogP) is 3.26. The number of hydrogen-bond acceptors (Lipinski definition) is 3. The maximum absolute atomic E-state index is 12.2. The van der Waals surface area contributed by atoms with Gasteiger partial charge in [-0.3, -0.25) is 9.71 Å². The molecule has 19 heavy (non-hydrogen) atoms. The van der Waals surface area contributed by atoms with Gasteiger partial charge in [0.25, 0.3) is 10.0 Å². The Kier molecular flexibility index (Phi) is 3.91. The topological polar surface area (TPSA) is 59.1 Å². The summed E-state index contributed by atoms with van der Waals surface area (Å²) in [6.07, 6.45) is 2.85. The largest absolute Gasteiger partial charge is 0.279 e. The van der Waals surface area contributed by atoms with Gasteiger partial charge in [-0.05, 0) is 47.5 Å². The number of nitrogens with zero attached hydrogens (tertiary/aromatic N) is 1. The molecule has 100 valence electrons. The molecule has 1 N–H and O–H groups in total. The van der Waals surface area contributed by atoms with Gasteiger partial charge in [0.05, 0.1) is 5.69 Å². The molecule has 0 unspecified atom stereocenters.